The van der Waals surface area contributed by atoms with Gasteiger partial charge in [-0.3, -0.25) is 0 Å². The Labute approximate surface area is 202 Å². The second-order valence-electron chi connectivity index (χ2n) is 8.73. The van der Waals surface area contributed by atoms with Crippen LogP contribution in [0.1, 0.15) is 5.56 Å². The lowest BCUT2D eigenvalue weighted by molar-refractivity contribution is 1.06. The summed E-state index contributed by atoms with van der Waals surface area (Å²) in [4.78, 5) is 4.54. The van der Waals surface area contributed by atoms with Crippen molar-refractivity contribution in [2.75, 3.05) is 10.6 Å². The van der Waals surface area contributed by atoms with Crippen molar-refractivity contribution in [3.05, 3.63) is 109 Å². The zero-order valence-electron chi connectivity index (χ0n) is 18.9. The fourth-order valence-electron chi connectivity index (χ4n) is 4.98. The van der Waals surface area contributed by atoms with Crippen molar-refractivity contribution < 1.29 is 0 Å². The molecule has 0 saturated carbocycles. The molecule has 0 spiro atoms. The molecule has 6 aromatic rings. The van der Waals surface area contributed by atoms with Gasteiger partial charge in [0.05, 0.1) is 0 Å². The smallest absolute Gasteiger partial charge is 0.161 e. The van der Waals surface area contributed by atoms with E-state index in [1.54, 1.807) is 0 Å². The van der Waals surface area contributed by atoms with E-state index in [-0.39, 0.29) is 0 Å². The summed E-state index contributed by atoms with van der Waals surface area (Å²) in [5.74, 6) is 1.65. The van der Waals surface area contributed by atoms with Gasteiger partial charge in [0.2, 0.25) is 0 Å². The van der Waals surface area contributed by atoms with Crippen LogP contribution in [0.2, 0.25) is 0 Å². The lowest BCUT2D eigenvalue weighted by atomic mass is 10.0. The highest BCUT2D eigenvalue weighted by Crippen LogP contribution is 2.46. The maximum atomic E-state index is 4.61. The summed E-state index contributed by atoms with van der Waals surface area (Å²) in [6.45, 7) is 0.668. The molecule has 0 amide bonds. The first-order valence-corrected chi connectivity index (χ1v) is 11.7. The molecule has 0 fully saturated rings. The molecule has 0 bridgehead atoms. The number of hydrogen-bond donors (Lipinski definition) is 2. The SMILES string of the molecule is c1cc(CNc2nccc3ccccc23)cc(Nc2nnc3c4c(cccc24)-c2ccccc2-3)c1. The molecule has 2 N–H and O–H groups in total. The standard InChI is InChI=1S/C30H21N5/c1-2-10-22-20(8-1)15-16-31-29(22)32-18-19-7-5-9-21(17-19)33-30-26-14-6-13-24-23-11-3-4-12-25(23)28(27(24)26)34-35-30/h1-17H,18H2,(H,31,32)(H,33,35). The van der Waals surface area contributed by atoms with Gasteiger partial charge in [-0.25, -0.2) is 4.98 Å². The Morgan fingerprint density at radius 2 is 1.43 bits per heavy atom. The van der Waals surface area contributed by atoms with Gasteiger partial charge in [-0.15, -0.1) is 10.2 Å². The monoisotopic (exact) mass is 451 g/mol. The number of pyridine rings is 1. The van der Waals surface area contributed by atoms with Crippen LogP contribution in [0.5, 0.6) is 0 Å². The molecule has 166 valence electrons. The number of rotatable bonds is 5. The van der Waals surface area contributed by atoms with Crippen LogP contribution in [0.25, 0.3) is 43.9 Å². The van der Waals surface area contributed by atoms with Crippen LogP contribution in [-0.4, -0.2) is 15.2 Å². The van der Waals surface area contributed by atoms with Crippen LogP contribution in [0.4, 0.5) is 17.3 Å². The third kappa shape index (κ3) is 3.28. The Bertz CT molecular complexity index is 1710. The Morgan fingerprint density at radius 1 is 0.629 bits per heavy atom. The van der Waals surface area contributed by atoms with E-state index in [2.05, 4.69) is 105 Å². The second-order valence-corrected chi connectivity index (χ2v) is 8.73. The zero-order valence-corrected chi connectivity index (χ0v) is 18.9. The van der Waals surface area contributed by atoms with E-state index in [0.717, 1.165) is 50.3 Å². The summed E-state index contributed by atoms with van der Waals surface area (Å²) in [5.41, 5.74) is 6.66. The third-order valence-corrected chi connectivity index (χ3v) is 6.60. The van der Waals surface area contributed by atoms with Crippen LogP contribution in [0, 0.1) is 0 Å². The third-order valence-electron chi connectivity index (χ3n) is 6.60. The lowest BCUT2D eigenvalue weighted by Crippen LogP contribution is -2.03. The van der Waals surface area contributed by atoms with Gasteiger partial charge in [0.25, 0.3) is 0 Å². The topological polar surface area (TPSA) is 62.7 Å². The predicted molar refractivity (Wildman–Crippen MR) is 143 cm³/mol. The molecule has 0 radical (unpaired) electrons. The molecule has 35 heavy (non-hydrogen) atoms. The molecule has 7 rings (SSSR count). The van der Waals surface area contributed by atoms with Crippen LogP contribution in [0.15, 0.2) is 103 Å². The van der Waals surface area contributed by atoms with Crippen LogP contribution in [-0.2, 0) is 6.54 Å². The van der Waals surface area contributed by atoms with Gasteiger partial charge in [0, 0.05) is 40.2 Å². The summed E-state index contributed by atoms with van der Waals surface area (Å²) in [7, 11) is 0. The minimum atomic E-state index is 0.668. The molecule has 0 unspecified atom stereocenters. The molecule has 1 aliphatic carbocycles. The lowest BCUT2D eigenvalue weighted by Gasteiger charge is -2.12. The van der Waals surface area contributed by atoms with Crippen molar-refractivity contribution in [3.63, 3.8) is 0 Å². The van der Waals surface area contributed by atoms with E-state index in [0.29, 0.717) is 6.54 Å². The molecule has 0 saturated heterocycles. The number of nitrogens with zero attached hydrogens (tertiary/aromatic N) is 3. The summed E-state index contributed by atoms with van der Waals surface area (Å²) >= 11 is 0. The van der Waals surface area contributed by atoms with Crippen molar-refractivity contribution in [1.29, 1.82) is 0 Å². The minimum Gasteiger partial charge on any atom is -0.365 e. The number of benzene rings is 4. The number of nitrogens with one attached hydrogen (secondary N) is 2. The Kier molecular flexibility index (Phi) is 4.45. The highest BCUT2D eigenvalue weighted by atomic mass is 15.2. The van der Waals surface area contributed by atoms with Gasteiger partial charge < -0.3 is 10.6 Å². The number of hydrogen-bond acceptors (Lipinski definition) is 5. The number of aromatic nitrogens is 3. The van der Waals surface area contributed by atoms with Crippen molar-refractivity contribution >= 4 is 38.9 Å². The predicted octanol–water partition coefficient (Wildman–Crippen LogP) is 7.18. The molecule has 4 aromatic carbocycles. The van der Waals surface area contributed by atoms with Gasteiger partial charge in [-0.2, -0.15) is 0 Å². The maximum Gasteiger partial charge on any atom is 0.161 e. The Balaban J connectivity index is 1.18. The zero-order chi connectivity index (χ0) is 23.2. The largest absolute Gasteiger partial charge is 0.365 e. The molecule has 0 aliphatic heterocycles. The first kappa shape index (κ1) is 19.7. The highest BCUT2D eigenvalue weighted by Gasteiger charge is 2.24. The van der Waals surface area contributed by atoms with Gasteiger partial charge >= 0.3 is 0 Å². The fourth-order valence-corrected chi connectivity index (χ4v) is 4.98. The van der Waals surface area contributed by atoms with E-state index >= 15 is 0 Å². The average molecular weight is 452 g/mol. The summed E-state index contributed by atoms with van der Waals surface area (Å²) in [6.07, 6.45) is 1.84. The van der Waals surface area contributed by atoms with E-state index in [1.165, 1.54) is 16.5 Å². The summed E-state index contributed by atoms with van der Waals surface area (Å²) in [5, 5.41) is 20.7. The van der Waals surface area contributed by atoms with E-state index in [4.69, 9.17) is 0 Å². The molecule has 1 aliphatic rings. The summed E-state index contributed by atoms with van der Waals surface area (Å²) in [6, 6.07) is 33.4. The molecule has 2 aromatic heterocycles. The van der Waals surface area contributed by atoms with E-state index in [1.807, 2.05) is 24.4 Å². The first-order valence-electron chi connectivity index (χ1n) is 11.7. The van der Waals surface area contributed by atoms with Gasteiger partial charge in [-0.1, -0.05) is 78.9 Å². The fraction of sp³-hybridized carbons (Fsp3) is 0.0333. The van der Waals surface area contributed by atoms with Crippen molar-refractivity contribution in [1.82, 2.24) is 15.2 Å². The molecule has 2 heterocycles. The maximum absolute atomic E-state index is 4.61. The van der Waals surface area contributed by atoms with Gasteiger partial charge in [0.15, 0.2) is 5.82 Å². The van der Waals surface area contributed by atoms with Crippen molar-refractivity contribution in [2.45, 2.75) is 6.54 Å². The van der Waals surface area contributed by atoms with Crippen molar-refractivity contribution in [3.8, 4) is 22.4 Å². The van der Waals surface area contributed by atoms with Gasteiger partial charge in [-0.05, 0) is 40.3 Å². The molecule has 5 nitrogen and oxygen atoms in total. The molecule has 5 heteroatoms. The van der Waals surface area contributed by atoms with Crippen LogP contribution >= 0.6 is 0 Å². The molecular formula is C30H21N5. The van der Waals surface area contributed by atoms with Crippen molar-refractivity contribution in [2.24, 2.45) is 0 Å². The van der Waals surface area contributed by atoms with E-state index < -0.39 is 0 Å². The Hall–Kier alpha value is -4.77. The number of fused-ring (bicyclic) bond motifs is 4. The van der Waals surface area contributed by atoms with Crippen LogP contribution < -0.4 is 10.6 Å². The molecular weight excluding hydrogens is 430 g/mol. The minimum absolute atomic E-state index is 0.668. The quantitative estimate of drug-likeness (QED) is 0.290. The molecule has 0 atom stereocenters. The van der Waals surface area contributed by atoms with Gasteiger partial charge in [0.1, 0.15) is 11.5 Å². The average Bonchev–Trinajstić information content (AvgIpc) is 3.24. The van der Waals surface area contributed by atoms with E-state index in [9.17, 15) is 0 Å². The summed E-state index contributed by atoms with van der Waals surface area (Å²) < 4.78 is 0. The number of anilines is 3. The first-order chi connectivity index (χ1) is 17.3. The van der Waals surface area contributed by atoms with Crippen LogP contribution in [0.3, 0.4) is 0 Å². The second kappa shape index (κ2) is 7.92. The Morgan fingerprint density at radius 3 is 2.40 bits per heavy atom. The normalized spacial score (nSPS) is 11.5. The highest BCUT2D eigenvalue weighted by molar-refractivity contribution is 6.16.